The zero-order valence-corrected chi connectivity index (χ0v) is 31.7. The molecule has 0 aliphatic carbocycles. The van der Waals surface area contributed by atoms with Gasteiger partial charge in [0.05, 0.1) is 42.1 Å². The number of benzene rings is 4. The van der Waals surface area contributed by atoms with E-state index in [0.717, 1.165) is 98.7 Å². The van der Waals surface area contributed by atoms with E-state index in [2.05, 4.69) is 89.8 Å². The number of amides is 3. The summed E-state index contributed by atoms with van der Waals surface area (Å²) < 4.78 is 4.71. The van der Waals surface area contributed by atoms with Crippen LogP contribution in [0.2, 0.25) is 0 Å². The van der Waals surface area contributed by atoms with Crippen LogP contribution in [0.15, 0.2) is 72.9 Å². The molecular weight excluding hydrogens is 679 g/mol. The summed E-state index contributed by atoms with van der Waals surface area (Å²) in [6.45, 7) is 9.23. The predicted octanol–water partition coefficient (Wildman–Crippen LogP) is 8.82. The first-order chi connectivity index (χ1) is 26.3. The highest BCUT2D eigenvalue weighted by molar-refractivity contribution is 6.23. The van der Waals surface area contributed by atoms with Gasteiger partial charge in [0.15, 0.2) is 0 Å². The molecule has 0 saturated carbocycles. The maximum atomic E-state index is 13.4. The molecule has 2 aromatic heterocycles. The molecule has 11 heteroatoms. The van der Waals surface area contributed by atoms with Crippen LogP contribution in [0.1, 0.15) is 90.0 Å². The Morgan fingerprint density at radius 1 is 0.926 bits per heavy atom. The number of methoxy groups -OCH3 is 1. The molecule has 11 nitrogen and oxygen atoms in total. The fourth-order valence-electron chi connectivity index (χ4n) is 8.00. The SMILES string of the molecule is CCCC(=O)N(CCC)C(CC)c1ncc(-c2ccc(-c3ccc4c(c3)c3ccccc3c3nc(C5CCCN5C(=O)C(C)NC(=O)OC)[nH]c43)cc2)[nH]1. The molecule has 1 aliphatic heterocycles. The summed E-state index contributed by atoms with van der Waals surface area (Å²) in [6.07, 6.45) is 5.93. The van der Waals surface area contributed by atoms with E-state index in [4.69, 9.17) is 14.7 Å². The normalized spacial score (nSPS) is 15.5. The first kappa shape index (κ1) is 36.6. The molecular formula is C43H49N7O4. The average molecular weight is 728 g/mol. The number of ether oxygens (including phenoxy) is 1. The van der Waals surface area contributed by atoms with Gasteiger partial charge in [0.2, 0.25) is 11.8 Å². The van der Waals surface area contributed by atoms with E-state index in [1.807, 2.05) is 29.0 Å². The number of hydrogen-bond donors (Lipinski definition) is 3. The zero-order valence-electron chi connectivity index (χ0n) is 31.7. The van der Waals surface area contributed by atoms with E-state index >= 15 is 0 Å². The van der Waals surface area contributed by atoms with Crippen molar-refractivity contribution in [1.29, 1.82) is 0 Å². The molecule has 0 bridgehead atoms. The number of hydrogen-bond acceptors (Lipinski definition) is 6. The Labute approximate surface area is 315 Å². The summed E-state index contributed by atoms with van der Waals surface area (Å²) in [5, 5.41) is 6.93. The molecule has 1 saturated heterocycles. The minimum atomic E-state index is -0.717. The van der Waals surface area contributed by atoms with E-state index in [9.17, 15) is 14.4 Å². The molecule has 3 amide bonds. The number of nitrogens with one attached hydrogen (secondary N) is 3. The number of nitrogens with zero attached hydrogens (tertiary/aromatic N) is 4. The summed E-state index contributed by atoms with van der Waals surface area (Å²) in [7, 11) is 1.29. The standard InChI is InChI=1S/C43H49N7O4/c1-6-12-37(51)49(22-7-2)35(8-3)40-44-25-34(46-40)28-18-16-27(17-19-28)29-20-21-32-33(24-29)30-13-9-10-14-31(30)38-39(32)48-41(47-38)36-15-11-23-50(36)42(52)26(4)45-43(53)54-5/h9-10,13-14,16-21,24-26,35-36H,6-8,11-12,15,22-23H2,1-5H3,(H,44,46)(H,45,53)(H,47,48). The van der Waals surface area contributed by atoms with Crippen LogP contribution in [0.3, 0.4) is 0 Å². The Balaban J connectivity index is 1.19. The zero-order chi connectivity index (χ0) is 37.9. The van der Waals surface area contributed by atoms with E-state index in [0.29, 0.717) is 19.5 Å². The van der Waals surface area contributed by atoms with Crippen LogP contribution in [0, 0.1) is 0 Å². The molecule has 54 heavy (non-hydrogen) atoms. The summed E-state index contributed by atoms with van der Waals surface area (Å²) in [4.78, 5) is 59.0. The monoisotopic (exact) mass is 727 g/mol. The molecule has 3 N–H and O–H groups in total. The number of carbonyl (C=O) groups excluding carboxylic acids is 3. The third-order valence-electron chi connectivity index (χ3n) is 10.7. The smallest absolute Gasteiger partial charge is 0.407 e. The van der Waals surface area contributed by atoms with Gasteiger partial charge in [0, 0.05) is 30.3 Å². The van der Waals surface area contributed by atoms with Crippen molar-refractivity contribution >= 4 is 50.5 Å². The van der Waals surface area contributed by atoms with E-state index in [-0.39, 0.29) is 23.9 Å². The predicted molar refractivity (Wildman–Crippen MR) is 213 cm³/mol. The van der Waals surface area contributed by atoms with Gasteiger partial charge in [-0.2, -0.15) is 0 Å². The molecule has 280 valence electrons. The van der Waals surface area contributed by atoms with Crippen molar-refractivity contribution in [3.8, 4) is 22.4 Å². The second kappa shape index (κ2) is 15.7. The van der Waals surface area contributed by atoms with Crippen molar-refractivity contribution in [1.82, 2.24) is 35.1 Å². The highest BCUT2D eigenvalue weighted by atomic mass is 16.5. The van der Waals surface area contributed by atoms with Crippen LogP contribution < -0.4 is 5.32 Å². The maximum absolute atomic E-state index is 13.4. The first-order valence-electron chi connectivity index (χ1n) is 19.2. The van der Waals surface area contributed by atoms with E-state index in [1.165, 1.54) is 7.11 Å². The van der Waals surface area contributed by atoms with E-state index < -0.39 is 12.1 Å². The maximum Gasteiger partial charge on any atom is 0.407 e. The summed E-state index contributed by atoms with van der Waals surface area (Å²) >= 11 is 0. The Bertz CT molecular complexity index is 2310. The Kier molecular flexibility index (Phi) is 10.7. The molecule has 0 radical (unpaired) electrons. The number of H-pyrrole nitrogens is 2. The van der Waals surface area contributed by atoms with Gasteiger partial charge in [0.1, 0.15) is 17.7 Å². The molecule has 1 aliphatic rings. The molecule has 1 fully saturated rings. The van der Waals surface area contributed by atoms with Crippen molar-refractivity contribution in [3.63, 3.8) is 0 Å². The quantitative estimate of drug-likeness (QED) is 0.108. The Morgan fingerprint density at radius 3 is 2.39 bits per heavy atom. The Morgan fingerprint density at radius 2 is 1.67 bits per heavy atom. The number of aromatic amines is 2. The highest BCUT2D eigenvalue weighted by Gasteiger charge is 2.35. The van der Waals surface area contributed by atoms with Gasteiger partial charge in [0.25, 0.3) is 0 Å². The lowest BCUT2D eigenvalue weighted by atomic mass is 9.95. The minimum absolute atomic E-state index is 0.0829. The summed E-state index contributed by atoms with van der Waals surface area (Å²) in [5.41, 5.74) is 5.96. The molecule has 3 unspecified atom stereocenters. The topological polar surface area (TPSA) is 136 Å². The van der Waals surface area contributed by atoms with Crippen molar-refractivity contribution in [3.05, 3.63) is 84.6 Å². The minimum Gasteiger partial charge on any atom is -0.453 e. The van der Waals surface area contributed by atoms with Crippen LogP contribution in [-0.4, -0.2) is 73.9 Å². The Hall–Kier alpha value is -5.71. The largest absolute Gasteiger partial charge is 0.453 e. The number of imidazole rings is 2. The van der Waals surface area contributed by atoms with Crippen LogP contribution in [0.5, 0.6) is 0 Å². The van der Waals surface area contributed by atoms with Crippen molar-refractivity contribution in [2.24, 2.45) is 0 Å². The second-order valence-electron chi connectivity index (χ2n) is 14.2. The van der Waals surface area contributed by atoms with Crippen LogP contribution in [0.25, 0.3) is 55.0 Å². The fourth-order valence-corrected chi connectivity index (χ4v) is 8.00. The number of carbonyl (C=O) groups is 3. The lowest BCUT2D eigenvalue weighted by molar-refractivity contribution is -0.134. The third kappa shape index (κ3) is 6.90. The van der Waals surface area contributed by atoms with Gasteiger partial charge < -0.3 is 29.8 Å². The molecule has 3 atom stereocenters. The molecule has 4 aromatic carbocycles. The molecule has 0 spiro atoms. The highest BCUT2D eigenvalue weighted by Crippen LogP contribution is 2.39. The second-order valence-corrected chi connectivity index (χ2v) is 14.2. The van der Waals surface area contributed by atoms with Crippen molar-refractivity contribution in [2.75, 3.05) is 20.2 Å². The molecule has 3 heterocycles. The number of aromatic nitrogens is 4. The first-order valence-corrected chi connectivity index (χ1v) is 19.2. The van der Waals surface area contributed by atoms with Gasteiger partial charge in [-0.15, -0.1) is 0 Å². The number of alkyl carbamates (subject to hydrolysis) is 1. The van der Waals surface area contributed by atoms with Gasteiger partial charge >= 0.3 is 6.09 Å². The average Bonchev–Trinajstić information content (AvgIpc) is 3.98. The van der Waals surface area contributed by atoms with Gasteiger partial charge in [-0.05, 0) is 72.6 Å². The summed E-state index contributed by atoms with van der Waals surface area (Å²) in [5.74, 6) is 1.58. The van der Waals surface area contributed by atoms with Crippen LogP contribution >= 0.6 is 0 Å². The van der Waals surface area contributed by atoms with Crippen LogP contribution in [-0.2, 0) is 14.3 Å². The molecule has 7 rings (SSSR count). The third-order valence-corrected chi connectivity index (χ3v) is 10.7. The lowest BCUT2D eigenvalue weighted by Crippen LogP contribution is -2.46. The van der Waals surface area contributed by atoms with Crippen molar-refractivity contribution < 1.29 is 19.1 Å². The number of fused-ring (bicyclic) bond motifs is 6. The van der Waals surface area contributed by atoms with Gasteiger partial charge in [-0.1, -0.05) is 81.4 Å². The van der Waals surface area contributed by atoms with Crippen molar-refractivity contribution in [2.45, 2.75) is 84.3 Å². The van der Waals surface area contributed by atoms with Gasteiger partial charge in [-0.3, -0.25) is 9.59 Å². The van der Waals surface area contributed by atoms with E-state index in [1.54, 1.807) is 6.92 Å². The molecule has 6 aromatic rings. The van der Waals surface area contributed by atoms with Crippen LogP contribution in [0.4, 0.5) is 4.79 Å². The van der Waals surface area contributed by atoms with Gasteiger partial charge in [-0.25, -0.2) is 14.8 Å². The number of rotatable bonds is 12. The lowest BCUT2D eigenvalue weighted by Gasteiger charge is -2.29. The number of likely N-dealkylation sites (tertiary alicyclic amines) is 1. The summed E-state index contributed by atoms with van der Waals surface area (Å²) in [6, 6.07) is 22.4. The fraction of sp³-hybridized carbons (Fsp3) is 0.372.